The summed E-state index contributed by atoms with van der Waals surface area (Å²) in [5, 5.41) is 2.68. The highest BCUT2D eigenvalue weighted by molar-refractivity contribution is 5.85. The van der Waals surface area contributed by atoms with Crippen LogP contribution in [0.2, 0.25) is 0 Å². The van der Waals surface area contributed by atoms with Crippen LogP contribution in [0, 0.1) is 5.92 Å². The third kappa shape index (κ3) is 6.61. The number of methoxy groups -OCH3 is 1. The minimum absolute atomic E-state index is 0.0301. The highest BCUT2D eigenvalue weighted by Gasteiger charge is 2.26. The van der Waals surface area contributed by atoms with Gasteiger partial charge in [-0.1, -0.05) is 50.6 Å². The number of rotatable bonds is 10. The second kappa shape index (κ2) is 11.0. The predicted octanol–water partition coefficient (Wildman–Crippen LogP) is 3.35. The Kier molecular flexibility index (Phi) is 8.34. The van der Waals surface area contributed by atoms with Gasteiger partial charge in [-0.2, -0.15) is 0 Å². The van der Waals surface area contributed by atoms with Crippen molar-refractivity contribution in [3.05, 3.63) is 60.2 Å². The summed E-state index contributed by atoms with van der Waals surface area (Å²) in [6, 6.07) is 16.2. The largest absolute Gasteiger partial charge is 0.489 e. The van der Waals surface area contributed by atoms with Gasteiger partial charge in [0.05, 0.1) is 7.11 Å². The standard InChI is InChI=1S/C22H27NO5/c1-4-16(2)21(22(25)26-3)23-20(24)15-28-19-12-10-18(11-13-19)27-14-17-8-6-5-7-9-17/h5-13,16,21H,4,14-15H2,1-3H3,(H,23,24)/t16-,21+/m1/s1. The van der Waals surface area contributed by atoms with E-state index in [4.69, 9.17) is 14.2 Å². The van der Waals surface area contributed by atoms with Crippen LogP contribution in [-0.2, 0) is 20.9 Å². The zero-order valence-electron chi connectivity index (χ0n) is 16.5. The first kappa shape index (κ1) is 21.3. The number of nitrogens with one attached hydrogen (secondary N) is 1. The van der Waals surface area contributed by atoms with E-state index in [2.05, 4.69) is 5.32 Å². The molecule has 6 nitrogen and oxygen atoms in total. The monoisotopic (exact) mass is 385 g/mol. The third-order valence-electron chi connectivity index (χ3n) is 4.43. The molecule has 28 heavy (non-hydrogen) atoms. The minimum atomic E-state index is -0.681. The SMILES string of the molecule is CC[C@@H](C)[C@H](NC(=O)COc1ccc(OCc2ccccc2)cc1)C(=O)OC. The molecule has 0 saturated heterocycles. The number of carbonyl (C=O) groups is 2. The molecule has 150 valence electrons. The molecule has 0 radical (unpaired) electrons. The summed E-state index contributed by atoms with van der Waals surface area (Å²) in [5.41, 5.74) is 1.08. The molecule has 2 atom stereocenters. The quantitative estimate of drug-likeness (QED) is 0.635. The maximum Gasteiger partial charge on any atom is 0.328 e. The summed E-state index contributed by atoms with van der Waals surface area (Å²) in [5.74, 6) is 0.392. The van der Waals surface area contributed by atoms with Crippen LogP contribution in [-0.4, -0.2) is 31.6 Å². The maximum atomic E-state index is 12.1. The maximum absolute atomic E-state index is 12.1. The molecule has 2 aromatic carbocycles. The lowest BCUT2D eigenvalue weighted by atomic mass is 9.99. The van der Waals surface area contributed by atoms with Gasteiger partial charge < -0.3 is 19.5 Å². The molecule has 0 saturated carbocycles. The van der Waals surface area contributed by atoms with Gasteiger partial charge in [0.1, 0.15) is 24.1 Å². The Balaban J connectivity index is 1.81. The van der Waals surface area contributed by atoms with Crippen molar-refractivity contribution in [2.24, 2.45) is 5.92 Å². The Bertz CT molecular complexity index is 745. The van der Waals surface area contributed by atoms with Crippen LogP contribution in [0.3, 0.4) is 0 Å². The van der Waals surface area contributed by atoms with E-state index in [0.29, 0.717) is 18.1 Å². The smallest absolute Gasteiger partial charge is 0.328 e. The number of hydrogen-bond donors (Lipinski definition) is 1. The number of hydrogen-bond acceptors (Lipinski definition) is 5. The Morgan fingerprint density at radius 2 is 1.57 bits per heavy atom. The van der Waals surface area contributed by atoms with Crippen LogP contribution in [0.15, 0.2) is 54.6 Å². The molecular formula is C22H27NO5. The Labute approximate surface area is 165 Å². The molecule has 0 aliphatic heterocycles. The fourth-order valence-electron chi connectivity index (χ4n) is 2.53. The fraction of sp³-hybridized carbons (Fsp3) is 0.364. The van der Waals surface area contributed by atoms with Crippen LogP contribution in [0.25, 0.3) is 0 Å². The third-order valence-corrected chi connectivity index (χ3v) is 4.43. The molecule has 6 heteroatoms. The van der Waals surface area contributed by atoms with Crippen LogP contribution in [0.5, 0.6) is 11.5 Å². The van der Waals surface area contributed by atoms with E-state index in [1.165, 1.54) is 7.11 Å². The molecule has 1 N–H and O–H groups in total. The van der Waals surface area contributed by atoms with Crippen molar-refractivity contribution in [2.45, 2.75) is 32.9 Å². The molecule has 2 aromatic rings. The summed E-state index contributed by atoms with van der Waals surface area (Å²) < 4.78 is 16.0. The molecule has 0 spiro atoms. The highest BCUT2D eigenvalue weighted by atomic mass is 16.5. The first-order chi connectivity index (χ1) is 13.5. The summed E-state index contributed by atoms with van der Waals surface area (Å²) in [6.45, 7) is 4.13. The van der Waals surface area contributed by atoms with Gasteiger partial charge in [-0.25, -0.2) is 4.79 Å². The molecule has 0 heterocycles. The molecule has 0 bridgehead atoms. The lowest BCUT2D eigenvalue weighted by Crippen LogP contribution is -2.47. The average Bonchev–Trinajstić information content (AvgIpc) is 2.75. The van der Waals surface area contributed by atoms with E-state index in [1.54, 1.807) is 24.3 Å². The highest BCUT2D eigenvalue weighted by Crippen LogP contribution is 2.18. The number of benzene rings is 2. The van der Waals surface area contributed by atoms with Gasteiger partial charge >= 0.3 is 5.97 Å². The van der Waals surface area contributed by atoms with E-state index in [1.807, 2.05) is 44.2 Å². The Morgan fingerprint density at radius 3 is 2.14 bits per heavy atom. The van der Waals surface area contributed by atoms with E-state index in [-0.39, 0.29) is 18.4 Å². The Morgan fingerprint density at radius 1 is 0.964 bits per heavy atom. The van der Waals surface area contributed by atoms with Crippen LogP contribution < -0.4 is 14.8 Å². The Hall–Kier alpha value is -3.02. The summed E-state index contributed by atoms with van der Waals surface area (Å²) in [6.07, 6.45) is 0.741. The van der Waals surface area contributed by atoms with E-state index < -0.39 is 12.0 Å². The molecular weight excluding hydrogens is 358 g/mol. The summed E-state index contributed by atoms with van der Waals surface area (Å²) in [7, 11) is 1.31. The zero-order chi connectivity index (χ0) is 20.4. The fourth-order valence-corrected chi connectivity index (χ4v) is 2.53. The first-order valence-electron chi connectivity index (χ1n) is 9.30. The normalized spacial score (nSPS) is 12.5. The van der Waals surface area contributed by atoms with Gasteiger partial charge in [0.2, 0.25) is 0 Å². The summed E-state index contributed by atoms with van der Waals surface area (Å²) >= 11 is 0. The van der Waals surface area contributed by atoms with Gasteiger partial charge in [0.25, 0.3) is 5.91 Å². The topological polar surface area (TPSA) is 73.9 Å². The lowest BCUT2D eigenvalue weighted by Gasteiger charge is -2.21. The minimum Gasteiger partial charge on any atom is -0.489 e. The second-order valence-electron chi connectivity index (χ2n) is 6.49. The van der Waals surface area contributed by atoms with Crippen LogP contribution in [0.4, 0.5) is 0 Å². The van der Waals surface area contributed by atoms with E-state index in [0.717, 1.165) is 12.0 Å². The zero-order valence-corrected chi connectivity index (χ0v) is 16.5. The lowest BCUT2D eigenvalue weighted by molar-refractivity contribution is -0.146. The van der Waals surface area contributed by atoms with Crippen molar-refractivity contribution in [1.82, 2.24) is 5.32 Å². The predicted molar refractivity (Wildman–Crippen MR) is 106 cm³/mol. The van der Waals surface area contributed by atoms with Gasteiger partial charge in [-0.05, 0) is 35.7 Å². The van der Waals surface area contributed by atoms with Gasteiger partial charge in [0.15, 0.2) is 6.61 Å². The van der Waals surface area contributed by atoms with Crippen molar-refractivity contribution in [1.29, 1.82) is 0 Å². The van der Waals surface area contributed by atoms with Gasteiger partial charge in [-0.3, -0.25) is 4.79 Å². The molecule has 0 aliphatic carbocycles. The molecule has 0 aliphatic rings. The number of carbonyl (C=O) groups excluding carboxylic acids is 2. The first-order valence-corrected chi connectivity index (χ1v) is 9.30. The molecule has 0 aromatic heterocycles. The molecule has 1 amide bonds. The number of amides is 1. The average molecular weight is 385 g/mol. The second-order valence-corrected chi connectivity index (χ2v) is 6.49. The molecule has 0 fully saturated rings. The van der Waals surface area contributed by atoms with Gasteiger partial charge in [-0.15, -0.1) is 0 Å². The van der Waals surface area contributed by atoms with Crippen molar-refractivity contribution < 1.29 is 23.8 Å². The van der Waals surface area contributed by atoms with E-state index >= 15 is 0 Å². The molecule has 2 rings (SSSR count). The molecule has 0 unspecified atom stereocenters. The summed E-state index contributed by atoms with van der Waals surface area (Å²) in [4.78, 5) is 24.0. The van der Waals surface area contributed by atoms with Crippen LogP contribution in [0.1, 0.15) is 25.8 Å². The number of esters is 1. The van der Waals surface area contributed by atoms with E-state index in [9.17, 15) is 9.59 Å². The van der Waals surface area contributed by atoms with Crippen molar-refractivity contribution in [3.63, 3.8) is 0 Å². The van der Waals surface area contributed by atoms with Crippen molar-refractivity contribution in [2.75, 3.05) is 13.7 Å². The van der Waals surface area contributed by atoms with Crippen molar-refractivity contribution >= 4 is 11.9 Å². The van der Waals surface area contributed by atoms with Crippen molar-refractivity contribution in [3.8, 4) is 11.5 Å². The number of ether oxygens (including phenoxy) is 3. The van der Waals surface area contributed by atoms with Gasteiger partial charge in [0, 0.05) is 0 Å². The van der Waals surface area contributed by atoms with Crippen LogP contribution >= 0.6 is 0 Å².